The van der Waals surface area contributed by atoms with E-state index in [1.807, 2.05) is 12.1 Å². The van der Waals surface area contributed by atoms with E-state index in [0.717, 1.165) is 5.56 Å². The Labute approximate surface area is 185 Å². The number of nitro benzene ring substituents is 1. The third-order valence-electron chi connectivity index (χ3n) is 5.03. The monoisotopic (exact) mass is 436 g/mol. The van der Waals surface area contributed by atoms with Gasteiger partial charge in [-0.15, -0.1) is 0 Å². The zero-order chi connectivity index (χ0) is 23.1. The number of hydrogen-bond acceptors (Lipinski definition) is 7. The summed E-state index contributed by atoms with van der Waals surface area (Å²) in [7, 11) is 4.66. The molecule has 0 heterocycles. The fourth-order valence-corrected chi connectivity index (χ4v) is 3.28. The Morgan fingerprint density at radius 3 is 2.12 bits per heavy atom. The number of benzene rings is 3. The third kappa shape index (κ3) is 5.34. The van der Waals surface area contributed by atoms with E-state index in [1.54, 1.807) is 63.8 Å². The maximum Gasteiger partial charge on any atom is 0.269 e. The second-order valence-electron chi connectivity index (χ2n) is 6.97. The molecule has 0 saturated carbocycles. The van der Waals surface area contributed by atoms with Crippen LogP contribution in [0.1, 0.15) is 28.4 Å². The molecule has 0 bridgehead atoms. The second-order valence-corrected chi connectivity index (χ2v) is 6.97. The van der Waals surface area contributed by atoms with Gasteiger partial charge < -0.3 is 19.5 Å². The normalized spacial score (nSPS) is 11.3. The number of carbonyl (C=O) groups is 1. The van der Waals surface area contributed by atoms with E-state index in [9.17, 15) is 14.9 Å². The maximum absolute atomic E-state index is 13.0. The molecule has 0 amide bonds. The molecule has 166 valence electrons. The Balaban J connectivity index is 1.90. The fraction of sp³-hybridized carbons (Fsp3) is 0.208. The van der Waals surface area contributed by atoms with Gasteiger partial charge >= 0.3 is 0 Å². The highest BCUT2D eigenvalue weighted by Gasteiger charge is 2.20. The van der Waals surface area contributed by atoms with Gasteiger partial charge in [-0.25, -0.2) is 0 Å². The van der Waals surface area contributed by atoms with Crippen molar-refractivity contribution in [3.63, 3.8) is 0 Å². The zero-order valence-electron chi connectivity index (χ0n) is 18.0. The number of ether oxygens (including phenoxy) is 3. The summed E-state index contributed by atoms with van der Waals surface area (Å²) in [5, 5.41) is 14.2. The lowest BCUT2D eigenvalue weighted by Crippen LogP contribution is -2.16. The Morgan fingerprint density at radius 2 is 1.56 bits per heavy atom. The van der Waals surface area contributed by atoms with Crippen molar-refractivity contribution in [2.45, 2.75) is 12.5 Å². The van der Waals surface area contributed by atoms with Crippen LogP contribution in [0, 0.1) is 10.1 Å². The minimum atomic E-state index is -0.456. The molecule has 0 saturated heterocycles. The maximum atomic E-state index is 13.0. The van der Waals surface area contributed by atoms with E-state index >= 15 is 0 Å². The number of anilines is 1. The van der Waals surface area contributed by atoms with Crippen LogP contribution in [0.25, 0.3) is 0 Å². The number of non-ortho nitro benzene ring substituents is 1. The number of hydrogen-bond donors (Lipinski definition) is 1. The van der Waals surface area contributed by atoms with Crippen LogP contribution in [-0.2, 0) is 0 Å². The van der Waals surface area contributed by atoms with Gasteiger partial charge in [-0.2, -0.15) is 0 Å². The van der Waals surface area contributed by atoms with E-state index in [-0.39, 0.29) is 17.9 Å². The molecule has 1 N–H and O–H groups in total. The van der Waals surface area contributed by atoms with Gasteiger partial charge in [0, 0.05) is 29.8 Å². The molecule has 0 aliphatic heterocycles. The molecular formula is C24H24N2O6. The van der Waals surface area contributed by atoms with Crippen molar-refractivity contribution >= 4 is 17.2 Å². The Morgan fingerprint density at radius 1 is 0.906 bits per heavy atom. The van der Waals surface area contributed by atoms with Gasteiger partial charge in [0.25, 0.3) is 5.69 Å². The first-order valence-corrected chi connectivity index (χ1v) is 9.85. The number of methoxy groups -OCH3 is 3. The lowest BCUT2D eigenvalue weighted by molar-refractivity contribution is -0.384. The standard InChI is InChI=1S/C24H24N2O6/c1-30-20-11-4-16(5-12-20)22(27)15-21(17-6-13-23(31-2)24(14-17)32-3)25-18-7-9-19(10-8-18)26(28)29/h4-14,21,25H,15H2,1-3H3. The van der Waals surface area contributed by atoms with Gasteiger partial charge in [-0.1, -0.05) is 6.07 Å². The summed E-state index contributed by atoms with van der Waals surface area (Å²) in [6.45, 7) is 0. The third-order valence-corrected chi connectivity index (χ3v) is 5.03. The minimum Gasteiger partial charge on any atom is -0.497 e. The molecule has 8 heteroatoms. The largest absolute Gasteiger partial charge is 0.497 e. The van der Waals surface area contributed by atoms with Gasteiger partial charge in [0.15, 0.2) is 17.3 Å². The summed E-state index contributed by atoms with van der Waals surface area (Å²) in [6, 6.07) is 18.0. The molecule has 1 unspecified atom stereocenters. The minimum absolute atomic E-state index is 0.00692. The quantitative estimate of drug-likeness (QED) is 0.270. The Bertz CT molecular complexity index is 1080. The van der Waals surface area contributed by atoms with Crippen molar-refractivity contribution in [3.05, 3.63) is 88.0 Å². The van der Waals surface area contributed by atoms with Gasteiger partial charge in [0.1, 0.15) is 5.75 Å². The van der Waals surface area contributed by atoms with Gasteiger partial charge in [-0.3, -0.25) is 14.9 Å². The Hall–Kier alpha value is -4.07. The second kappa shape index (κ2) is 10.3. The summed E-state index contributed by atoms with van der Waals surface area (Å²) in [5.74, 6) is 1.72. The van der Waals surface area contributed by atoms with Crippen molar-refractivity contribution in [1.82, 2.24) is 0 Å². The number of carbonyl (C=O) groups excluding carboxylic acids is 1. The molecule has 1 atom stereocenters. The number of ketones is 1. The first kappa shape index (κ1) is 22.6. The molecule has 3 rings (SSSR count). The summed E-state index contributed by atoms with van der Waals surface area (Å²) in [4.78, 5) is 23.5. The van der Waals surface area contributed by atoms with E-state index in [2.05, 4.69) is 5.32 Å². The molecule has 0 aliphatic carbocycles. The molecule has 0 spiro atoms. The predicted molar refractivity (Wildman–Crippen MR) is 121 cm³/mol. The smallest absolute Gasteiger partial charge is 0.269 e. The van der Waals surface area contributed by atoms with Crippen molar-refractivity contribution in [2.24, 2.45) is 0 Å². The average molecular weight is 436 g/mol. The van der Waals surface area contributed by atoms with Crippen LogP contribution >= 0.6 is 0 Å². The molecule has 3 aromatic rings. The highest BCUT2D eigenvalue weighted by Crippen LogP contribution is 2.33. The molecule has 32 heavy (non-hydrogen) atoms. The van der Waals surface area contributed by atoms with Crippen molar-refractivity contribution in [2.75, 3.05) is 26.6 Å². The molecule has 0 fully saturated rings. The van der Waals surface area contributed by atoms with Crippen LogP contribution in [0.5, 0.6) is 17.2 Å². The fourth-order valence-electron chi connectivity index (χ4n) is 3.28. The highest BCUT2D eigenvalue weighted by atomic mass is 16.6. The number of nitrogens with zero attached hydrogens (tertiary/aromatic N) is 1. The van der Waals surface area contributed by atoms with E-state index < -0.39 is 11.0 Å². The van der Waals surface area contributed by atoms with Crippen LogP contribution in [0.2, 0.25) is 0 Å². The topological polar surface area (TPSA) is 99.9 Å². The van der Waals surface area contributed by atoms with E-state index in [4.69, 9.17) is 14.2 Å². The predicted octanol–water partition coefficient (Wildman–Crippen LogP) is 5.05. The summed E-state index contributed by atoms with van der Waals surface area (Å²) < 4.78 is 15.9. The lowest BCUT2D eigenvalue weighted by Gasteiger charge is -2.21. The number of rotatable bonds is 10. The molecule has 0 aliphatic rings. The van der Waals surface area contributed by atoms with Crippen molar-refractivity contribution in [1.29, 1.82) is 0 Å². The molecule has 0 aromatic heterocycles. The zero-order valence-corrected chi connectivity index (χ0v) is 18.0. The molecular weight excluding hydrogens is 412 g/mol. The highest BCUT2D eigenvalue weighted by molar-refractivity contribution is 5.96. The molecule has 0 radical (unpaired) electrons. The van der Waals surface area contributed by atoms with Crippen LogP contribution in [0.3, 0.4) is 0 Å². The Kier molecular flexibility index (Phi) is 7.28. The summed E-state index contributed by atoms with van der Waals surface area (Å²) in [5.41, 5.74) is 2.01. The van der Waals surface area contributed by atoms with Gasteiger partial charge in [0.2, 0.25) is 0 Å². The van der Waals surface area contributed by atoms with Crippen LogP contribution in [-0.4, -0.2) is 32.0 Å². The lowest BCUT2D eigenvalue weighted by atomic mass is 9.97. The van der Waals surface area contributed by atoms with Crippen LogP contribution in [0.15, 0.2) is 66.7 Å². The van der Waals surface area contributed by atoms with Gasteiger partial charge in [0.05, 0.1) is 32.3 Å². The molecule has 8 nitrogen and oxygen atoms in total. The van der Waals surface area contributed by atoms with Crippen LogP contribution < -0.4 is 19.5 Å². The molecule has 3 aromatic carbocycles. The van der Waals surface area contributed by atoms with E-state index in [1.165, 1.54) is 12.1 Å². The van der Waals surface area contributed by atoms with Crippen LogP contribution in [0.4, 0.5) is 11.4 Å². The number of Topliss-reactive ketones (excluding diaryl/α,β-unsaturated/α-hetero) is 1. The van der Waals surface area contributed by atoms with Crippen molar-refractivity contribution in [3.8, 4) is 17.2 Å². The SMILES string of the molecule is COc1ccc(C(=O)CC(Nc2ccc([N+](=O)[O-])cc2)c2ccc(OC)c(OC)c2)cc1. The van der Waals surface area contributed by atoms with Gasteiger partial charge in [-0.05, 0) is 54.1 Å². The van der Waals surface area contributed by atoms with E-state index in [0.29, 0.717) is 28.5 Å². The summed E-state index contributed by atoms with van der Waals surface area (Å²) >= 11 is 0. The number of nitro groups is 1. The average Bonchev–Trinajstić information content (AvgIpc) is 2.83. The number of nitrogens with one attached hydrogen (secondary N) is 1. The first-order chi connectivity index (χ1) is 15.4. The first-order valence-electron chi connectivity index (χ1n) is 9.85. The van der Waals surface area contributed by atoms with Crippen molar-refractivity contribution < 1.29 is 23.9 Å². The summed E-state index contributed by atoms with van der Waals surface area (Å²) in [6.07, 6.45) is 0.152.